The van der Waals surface area contributed by atoms with Crippen molar-refractivity contribution in [1.82, 2.24) is 0 Å². The molecule has 4 heteroatoms. The van der Waals surface area contributed by atoms with Crippen molar-refractivity contribution in [2.75, 3.05) is 19.4 Å². The van der Waals surface area contributed by atoms with Crippen LogP contribution in [0.25, 0.3) is 0 Å². The highest BCUT2D eigenvalue weighted by Gasteiger charge is 2.32. The molecular formula is C17H37O3P. The smallest absolute Gasteiger partial charge is 0.236 e. The molecular weight excluding hydrogens is 283 g/mol. The molecule has 0 aromatic heterocycles. The summed E-state index contributed by atoms with van der Waals surface area (Å²) in [6.07, 6.45) is 3.29. The Bertz CT molecular complexity index is 311. The molecule has 0 aliphatic rings. The molecule has 0 rings (SSSR count). The van der Waals surface area contributed by atoms with E-state index in [9.17, 15) is 4.57 Å². The highest BCUT2D eigenvalue weighted by Crippen LogP contribution is 2.52. The Morgan fingerprint density at radius 3 is 1.43 bits per heavy atom. The van der Waals surface area contributed by atoms with Crippen LogP contribution in [0.4, 0.5) is 0 Å². The van der Waals surface area contributed by atoms with E-state index in [0.29, 0.717) is 24.2 Å². The molecule has 0 N–H and O–H groups in total. The zero-order valence-corrected chi connectivity index (χ0v) is 16.5. The lowest BCUT2D eigenvalue weighted by Crippen LogP contribution is -2.19. The lowest BCUT2D eigenvalue weighted by atomic mass is 9.86. The van der Waals surface area contributed by atoms with Gasteiger partial charge in [0.05, 0.1) is 7.11 Å². The monoisotopic (exact) mass is 320 g/mol. The van der Waals surface area contributed by atoms with Gasteiger partial charge in [0.15, 0.2) is 0 Å². The normalized spacial score (nSPS) is 19.1. The fourth-order valence-corrected chi connectivity index (χ4v) is 6.14. The van der Waals surface area contributed by atoms with Crippen molar-refractivity contribution < 1.29 is 14.1 Å². The van der Waals surface area contributed by atoms with Gasteiger partial charge in [-0.2, -0.15) is 4.67 Å². The summed E-state index contributed by atoms with van der Waals surface area (Å²) in [6.45, 7) is 17.6. The van der Waals surface area contributed by atoms with Crippen LogP contribution >= 0.6 is 7.37 Å². The molecule has 2 atom stereocenters. The minimum Gasteiger partial charge on any atom is -0.290 e. The van der Waals surface area contributed by atoms with Crippen LogP contribution in [0.5, 0.6) is 0 Å². The summed E-state index contributed by atoms with van der Waals surface area (Å²) in [6, 6.07) is 0. The first-order valence-electron chi connectivity index (χ1n) is 8.07. The van der Waals surface area contributed by atoms with E-state index >= 15 is 0 Å². The molecule has 0 aromatic carbocycles. The number of rotatable bonds is 8. The van der Waals surface area contributed by atoms with Crippen molar-refractivity contribution in [2.45, 2.75) is 68.2 Å². The van der Waals surface area contributed by atoms with Gasteiger partial charge >= 0.3 is 0 Å². The molecule has 0 heterocycles. The van der Waals surface area contributed by atoms with Gasteiger partial charge in [0.2, 0.25) is 7.37 Å². The van der Waals surface area contributed by atoms with Crippen LogP contribution in [0.3, 0.4) is 0 Å². The van der Waals surface area contributed by atoms with Gasteiger partial charge in [-0.3, -0.25) is 4.57 Å². The summed E-state index contributed by atoms with van der Waals surface area (Å²) in [5, 5.41) is 0. The van der Waals surface area contributed by atoms with Crippen molar-refractivity contribution in [1.29, 1.82) is 0 Å². The van der Waals surface area contributed by atoms with Crippen molar-refractivity contribution >= 4 is 7.37 Å². The Balaban J connectivity index is 4.72. The van der Waals surface area contributed by atoms with Crippen molar-refractivity contribution in [2.24, 2.45) is 22.7 Å². The van der Waals surface area contributed by atoms with Crippen molar-refractivity contribution in [3.8, 4) is 0 Å². The Morgan fingerprint density at radius 2 is 1.19 bits per heavy atom. The maximum Gasteiger partial charge on any atom is 0.236 e. The minimum absolute atomic E-state index is 0.244. The van der Waals surface area contributed by atoms with Gasteiger partial charge in [-0.25, -0.2) is 4.89 Å². The Kier molecular flexibility index (Phi) is 8.19. The summed E-state index contributed by atoms with van der Waals surface area (Å²) >= 11 is 0. The molecule has 0 bridgehead atoms. The van der Waals surface area contributed by atoms with E-state index in [1.807, 2.05) is 0 Å². The molecule has 0 aromatic rings. The van der Waals surface area contributed by atoms with Crippen LogP contribution in [0.2, 0.25) is 0 Å². The quantitative estimate of drug-likeness (QED) is 0.313. The second-order valence-corrected chi connectivity index (χ2v) is 11.7. The fourth-order valence-electron chi connectivity index (χ4n) is 3.44. The van der Waals surface area contributed by atoms with E-state index in [1.165, 1.54) is 7.11 Å². The van der Waals surface area contributed by atoms with Crippen LogP contribution in [-0.2, 0) is 14.1 Å². The van der Waals surface area contributed by atoms with Gasteiger partial charge in [-0.05, 0) is 35.5 Å². The van der Waals surface area contributed by atoms with Crippen molar-refractivity contribution in [3.63, 3.8) is 0 Å². The predicted molar refractivity (Wildman–Crippen MR) is 91.9 cm³/mol. The molecule has 2 unspecified atom stereocenters. The van der Waals surface area contributed by atoms with Crippen LogP contribution in [0.15, 0.2) is 0 Å². The van der Waals surface area contributed by atoms with Crippen LogP contribution in [-0.4, -0.2) is 19.4 Å². The van der Waals surface area contributed by atoms with Gasteiger partial charge in [-0.1, -0.05) is 55.4 Å². The Hall–Kier alpha value is 0.150. The SMILES string of the molecule is COOP(=O)(CC(C)CC(C)(C)C)CC(C)CC(C)(C)C. The highest BCUT2D eigenvalue weighted by atomic mass is 31.2. The average molecular weight is 320 g/mol. The zero-order valence-electron chi connectivity index (χ0n) is 15.7. The summed E-state index contributed by atoms with van der Waals surface area (Å²) in [5.41, 5.74) is 0.489. The third-order valence-electron chi connectivity index (χ3n) is 3.31. The molecule has 128 valence electrons. The second-order valence-electron chi connectivity index (χ2n) is 9.16. The standard InChI is InChI=1S/C17H37O3P/c1-14(10-16(3,4)5)12-21(18,20-19-9)13-15(2)11-17(6,7)8/h14-15H,10-13H2,1-9H3. The van der Waals surface area contributed by atoms with Gasteiger partial charge in [0, 0.05) is 12.3 Å². The summed E-state index contributed by atoms with van der Waals surface area (Å²) in [4.78, 5) is 4.81. The molecule has 21 heavy (non-hydrogen) atoms. The molecule has 0 radical (unpaired) electrons. The molecule has 0 spiro atoms. The van der Waals surface area contributed by atoms with Gasteiger partial charge in [-0.15, -0.1) is 0 Å². The van der Waals surface area contributed by atoms with Crippen LogP contribution in [0.1, 0.15) is 68.2 Å². The first-order chi connectivity index (χ1) is 9.26. The highest BCUT2D eigenvalue weighted by molar-refractivity contribution is 7.58. The Morgan fingerprint density at radius 1 is 0.857 bits per heavy atom. The topological polar surface area (TPSA) is 35.5 Å². The third-order valence-corrected chi connectivity index (χ3v) is 6.09. The number of hydrogen-bond donors (Lipinski definition) is 0. The second kappa shape index (κ2) is 8.13. The molecule has 0 amide bonds. The van der Waals surface area contributed by atoms with E-state index in [1.54, 1.807) is 0 Å². The van der Waals surface area contributed by atoms with Crippen LogP contribution in [0, 0.1) is 22.7 Å². The third kappa shape index (κ3) is 11.4. The average Bonchev–Trinajstić information content (AvgIpc) is 2.08. The van der Waals surface area contributed by atoms with E-state index in [4.69, 9.17) is 9.56 Å². The molecule has 0 aliphatic carbocycles. The van der Waals surface area contributed by atoms with Crippen molar-refractivity contribution in [3.05, 3.63) is 0 Å². The number of hydrogen-bond acceptors (Lipinski definition) is 3. The largest absolute Gasteiger partial charge is 0.290 e. The molecule has 0 fully saturated rings. The Labute approximate surface area is 132 Å². The summed E-state index contributed by atoms with van der Waals surface area (Å²) in [5.74, 6) is 0.737. The molecule has 0 saturated heterocycles. The molecule has 0 saturated carbocycles. The maximum atomic E-state index is 13.1. The van der Waals surface area contributed by atoms with E-state index < -0.39 is 7.37 Å². The summed E-state index contributed by atoms with van der Waals surface area (Å²) < 4.78 is 18.3. The first kappa shape index (κ1) is 21.1. The first-order valence-corrected chi connectivity index (χ1v) is 10.1. The lowest BCUT2D eigenvalue weighted by Gasteiger charge is -2.29. The predicted octanol–water partition coefficient (Wildman–Crippen LogP) is 5.99. The van der Waals surface area contributed by atoms with Crippen LogP contribution < -0.4 is 0 Å². The van der Waals surface area contributed by atoms with E-state index in [2.05, 4.69) is 55.4 Å². The molecule has 0 aliphatic heterocycles. The van der Waals surface area contributed by atoms with Gasteiger partial charge in [0.1, 0.15) is 0 Å². The fraction of sp³-hybridized carbons (Fsp3) is 1.00. The maximum absolute atomic E-state index is 13.1. The van der Waals surface area contributed by atoms with E-state index in [-0.39, 0.29) is 10.8 Å². The zero-order chi connectivity index (χ0) is 16.9. The van der Waals surface area contributed by atoms with E-state index in [0.717, 1.165) is 12.8 Å². The minimum atomic E-state index is -2.73. The molecule has 3 nitrogen and oxygen atoms in total. The lowest BCUT2D eigenvalue weighted by molar-refractivity contribution is -0.177. The van der Waals surface area contributed by atoms with Gasteiger partial charge < -0.3 is 0 Å². The van der Waals surface area contributed by atoms with Gasteiger partial charge in [0.25, 0.3) is 0 Å². The summed E-state index contributed by atoms with van der Waals surface area (Å²) in [7, 11) is -1.27.